The highest BCUT2D eigenvalue weighted by Crippen LogP contribution is 2.28. The number of nitrogens with one attached hydrogen (secondary N) is 1. The third-order valence-electron chi connectivity index (χ3n) is 4.75. The van der Waals surface area contributed by atoms with Gasteiger partial charge < -0.3 is 15.0 Å². The molecule has 0 bridgehead atoms. The van der Waals surface area contributed by atoms with Crippen molar-refractivity contribution in [3.8, 4) is 5.75 Å². The van der Waals surface area contributed by atoms with E-state index in [0.29, 0.717) is 18.0 Å². The average Bonchev–Trinajstić information content (AvgIpc) is 2.70. The van der Waals surface area contributed by atoms with Crippen molar-refractivity contribution in [1.82, 2.24) is 0 Å². The van der Waals surface area contributed by atoms with Crippen LogP contribution in [0.25, 0.3) is 0 Å². The normalized spacial score (nSPS) is 10.4. The van der Waals surface area contributed by atoms with Crippen LogP contribution >= 0.6 is 0 Å². The van der Waals surface area contributed by atoms with Gasteiger partial charge in [0.2, 0.25) is 11.8 Å². The Balaban J connectivity index is 2.17. The van der Waals surface area contributed by atoms with E-state index in [1.54, 1.807) is 12.1 Å². The molecule has 6 nitrogen and oxygen atoms in total. The van der Waals surface area contributed by atoms with Crippen LogP contribution in [0, 0.1) is 6.92 Å². The lowest BCUT2D eigenvalue weighted by Crippen LogP contribution is -2.37. The number of nitrogens with zero attached hydrogens (tertiary/aromatic N) is 2. The number of benzene rings is 2. The molecular weight excluding hydrogens is 366 g/mol. The molecule has 0 spiro atoms. The van der Waals surface area contributed by atoms with Gasteiger partial charge in [-0.05, 0) is 63.6 Å². The Kier molecular flexibility index (Phi) is 8.07. The molecule has 0 aliphatic heterocycles. The lowest BCUT2D eigenvalue weighted by atomic mass is 10.1. The van der Waals surface area contributed by atoms with Crippen LogP contribution in [0.2, 0.25) is 0 Å². The zero-order chi connectivity index (χ0) is 21.4. The summed E-state index contributed by atoms with van der Waals surface area (Å²) in [7, 11) is 0. The Morgan fingerprint density at radius 1 is 1.03 bits per heavy atom. The molecule has 2 aromatic rings. The van der Waals surface area contributed by atoms with E-state index in [1.165, 1.54) is 11.8 Å². The van der Waals surface area contributed by atoms with Gasteiger partial charge in [0.15, 0.2) is 0 Å². The first-order valence-electron chi connectivity index (χ1n) is 10.1. The lowest BCUT2D eigenvalue weighted by Gasteiger charge is -2.24. The molecular formula is C23H31N3O3. The van der Waals surface area contributed by atoms with E-state index in [-0.39, 0.29) is 18.4 Å². The minimum Gasteiger partial charge on any atom is -0.492 e. The fourth-order valence-electron chi connectivity index (χ4n) is 3.23. The first-order valence-corrected chi connectivity index (χ1v) is 10.1. The fourth-order valence-corrected chi connectivity index (χ4v) is 3.23. The van der Waals surface area contributed by atoms with Crippen molar-refractivity contribution >= 4 is 28.9 Å². The second-order valence-corrected chi connectivity index (χ2v) is 6.73. The SMILES string of the molecule is CCOc1ccccc1N(CC(=O)Nc1ccc(N(CC)CC)cc1C)C(C)=O. The summed E-state index contributed by atoms with van der Waals surface area (Å²) in [5.74, 6) is 0.101. The summed E-state index contributed by atoms with van der Waals surface area (Å²) >= 11 is 0. The number of hydrogen-bond donors (Lipinski definition) is 1. The maximum Gasteiger partial charge on any atom is 0.244 e. The predicted octanol–water partition coefficient (Wildman–Crippen LogP) is 4.23. The molecule has 6 heteroatoms. The van der Waals surface area contributed by atoms with Crippen LogP contribution in [0.5, 0.6) is 5.75 Å². The van der Waals surface area contributed by atoms with Gasteiger partial charge >= 0.3 is 0 Å². The molecule has 0 aliphatic carbocycles. The van der Waals surface area contributed by atoms with E-state index in [2.05, 4.69) is 30.1 Å². The van der Waals surface area contributed by atoms with E-state index in [0.717, 1.165) is 30.0 Å². The first kappa shape index (κ1) is 22.3. The molecule has 0 atom stereocenters. The second-order valence-electron chi connectivity index (χ2n) is 6.73. The first-order chi connectivity index (χ1) is 13.9. The van der Waals surface area contributed by atoms with Gasteiger partial charge in [-0.25, -0.2) is 0 Å². The molecule has 29 heavy (non-hydrogen) atoms. The Labute approximate surface area is 173 Å². The van der Waals surface area contributed by atoms with Gasteiger partial charge in [-0.15, -0.1) is 0 Å². The van der Waals surface area contributed by atoms with Crippen LogP contribution in [0.15, 0.2) is 42.5 Å². The number of anilines is 3. The molecule has 0 aliphatic rings. The van der Waals surface area contributed by atoms with Crippen molar-refractivity contribution in [2.24, 2.45) is 0 Å². The number of amides is 2. The van der Waals surface area contributed by atoms with Gasteiger partial charge in [0.05, 0.1) is 12.3 Å². The molecule has 0 saturated carbocycles. The summed E-state index contributed by atoms with van der Waals surface area (Å²) in [5, 5.41) is 2.93. The summed E-state index contributed by atoms with van der Waals surface area (Å²) in [6, 6.07) is 13.2. The van der Waals surface area contributed by atoms with Crippen molar-refractivity contribution in [1.29, 1.82) is 0 Å². The van der Waals surface area contributed by atoms with Gasteiger partial charge in [0, 0.05) is 31.4 Å². The van der Waals surface area contributed by atoms with E-state index >= 15 is 0 Å². The Morgan fingerprint density at radius 3 is 2.31 bits per heavy atom. The van der Waals surface area contributed by atoms with E-state index in [9.17, 15) is 9.59 Å². The third-order valence-corrected chi connectivity index (χ3v) is 4.75. The maximum absolute atomic E-state index is 12.7. The second kappa shape index (κ2) is 10.5. The van der Waals surface area contributed by atoms with Gasteiger partial charge in [-0.3, -0.25) is 14.5 Å². The Bertz CT molecular complexity index is 847. The third kappa shape index (κ3) is 5.73. The predicted molar refractivity (Wildman–Crippen MR) is 119 cm³/mol. The quantitative estimate of drug-likeness (QED) is 0.688. The molecule has 2 rings (SSSR count). The van der Waals surface area contributed by atoms with Crippen molar-refractivity contribution in [3.63, 3.8) is 0 Å². The molecule has 0 heterocycles. The number of carbonyl (C=O) groups is 2. The highest BCUT2D eigenvalue weighted by molar-refractivity contribution is 6.02. The molecule has 0 fully saturated rings. The summed E-state index contributed by atoms with van der Waals surface area (Å²) in [6.45, 7) is 11.8. The molecule has 0 aromatic heterocycles. The molecule has 2 aromatic carbocycles. The summed E-state index contributed by atoms with van der Waals surface area (Å²) in [4.78, 5) is 28.6. The fraction of sp³-hybridized carbons (Fsp3) is 0.391. The van der Waals surface area contributed by atoms with Crippen LogP contribution in [0.4, 0.5) is 17.1 Å². The van der Waals surface area contributed by atoms with Crippen LogP contribution in [0.3, 0.4) is 0 Å². The summed E-state index contributed by atoms with van der Waals surface area (Å²) in [5.41, 5.74) is 3.44. The summed E-state index contributed by atoms with van der Waals surface area (Å²) in [6.07, 6.45) is 0. The number of para-hydroxylation sites is 2. The highest BCUT2D eigenvalue weighted by Gasteiger charge is 2.20. The maximum atomic E-state index is 12.7. The number of ether oxygens (including phenoxy) is 1. The molecule has 0 saturated heterocycles. The van der Waals surface area contributed by atoms with Crippen molar-refractivity contribution in [2.75, 3.05) is 41.4 Å². The Hall–Kier alpha value is -3.02. The van der Waals surface area contributed by atoms with Gasteiger partial charge in [-0.1, -0.05) is 12.1 Å². The molecule has 1 N–H and O–H groups in total. The largest absolute Gasteiger partial charge is 0.492 e. The number of aryl methyl sites for hydroxylation is 1. The van der Waals surface area contributed by atoms with Crippen LogP contribution < -0.4 is 19.9 Å². The standard InChI is InChI=1S/C23H31N3O3/c1-6-25(7-2)19-13-14-20(17(4)15-19)24-23(28)16-26(18(5)27)21-11-9-10-12-22(21)29-8-3/h9-15H,6-8,16H2,1-5H3,(H,24,28). The minimum atomic E-state index is -0.259. The molecule has 156 valence electrons. The monoisotopic (exact) mass is 397 g/mol. The van der Waals surface area contributed by atoms with Crippen molar-refractivity contribution < 1.29 is 14.3 Å². The number of hydrogen-bond acceptors (Lipinski definition) is 4. The van der Waals surface area contributed by atoms with Crippen molar-refractivity contribution in [3.05, 3.63) is 48.0 Å². The summed E-state index contributed by atoms with van der Waals surface area (Å²) < 4.78 is 5.61. The van der Waals surface area contributed by atoms with E-state index in [4.69, 9.17) is 4.74 Å². The van der Waals surface area contributed by atoms with Crippen molar-refractivity contribution in [2.45, 2.75) is 34.6 Å². The average molecular weight is 398 g/mol. The van der Waals surface area contributed by atoms with E-state index in [1.807, 2.05) is 38.1 Å². The van der Waals surface area contributed by atoms with E-state index < -0.39 is 0 Å². The smallest absolute Gasteiger partial charge is 0.244 e. The topological polar surface area (TPSA) is 61.9 Å². The van der Waals surface area contributed by atoms with Crippen LogP contribution in [0.1, 0.15) is 33.3 Å². The lowest BCUT2D eigenvalue weighted by molar-refractivity contribution is -0.120. The molecule has 0 radical (unpaired) electrons. The number of rotatable bonds is 9. The molecule has 0 unspecified atom stereocenters. The minimum absolute atomic E-state index is 0.0866. The van der Waals surface area contributed by atoms with Crippen LogP contribution in [-0.2, 0) is 9.59 Å². The van der Waals surface area contributed by atoms with Gasteiger partial charge in [0.1, 0.15) is 12.3 Å². The van der Waals surface area contributed by atoms with Gasteiger partial charge in [0.25, 0.3) is 0 Å². The van der Waals surface area contributed by atoms with Gasteiger partial charge in [-0.2, -0.15) is 0 Å². The zero-order valence-corrected chi connectivity index (χ0v) is 18.0. The highest BCUT2D eigenvalue weighted by atomic mass is 16.5. The Morgan fingerprint density at radius 2 is 1.72 bits per heavy atom. The molecule has 2 amide bonds. The number of carbonyl (C=O) groups excluding carboxylic acids is 2. The van der Waals surface area contributed by atoms with Crippen LogP contribution in [-0.4, -0.2) is 38.1 Å². The zero-order valence-electron chi connectivity index (χ0n) is 18.0.